The van der Waals surface area contributed by atoms with Crippen LogP contribution in [0.4, 0.5) is 5.88 Å². The predicted molar refractivity (Wildman–Crippen MR) is 56.8 cm³/mol. The van der Waals surface area contributed by atoms with E-state index in [2.05, 4.69) is 31.0 Å². The Bertz CT molecular complexity index is 328. The fraction of sp³-hybridized carbons (Fsp3) is 0.667. The van der Waals surface area contributed by atoms with Gasteiger partial charge in [0.1, 0.15) is 0 Å². The second-order valence-electron chi connectivity index (χ2n) is 4.53. The zero-order valence-electron chi connectivity index (χ0n) is 9.00. The molecule has 1 heterocycles. The molecule has 0 spiro atoms. The maximum absolute atomic E-state index is 10.9. The second-order valence-corrected chi connectivity index (χ2v) is 5.75. The van der Waals surface area contributed by atoms with Crippen LogP contribution in [0, 0.1) is 5.41 Å². The number of aromatic nitrogens is 1. The highest BCUT2D eigenvalue weighted by Gasteiger charge is 2.16. The lowest BCUT2D eigenvalue weighted by Crippen LogP contribution is -2.09. The molecule has 0 fully saturated rings. The van der Waals surface area contributed by atoms with Crippen LogP contribution < -0.4 is 5.09 Å². The van der Waals surface area contributed by atoms with Crippen molar-refractivity contribution < 1.29 is 9.09 Å². The summed E-state index contributed by atoms with van der Waals surface area (Å²) >= 11 is 0. The average Bonchev–Trinajstić information content (AvgIpc) is 2.30. The molecule has 0 saturated carbocycles. The third-order valence-corrected chi connectivity index (χ3v) is 2.07. The van der Waals surface area contributed by atoms with Gasteiger partial charge in [-0.05, 0) is 16.4 Å². The van der Waals surface area contributed by atoms with Gasteiger partial charge in [0.05, 0.1) is 5.69 Å². The summed E-state index contributed by atoms with van der Waals surface area (Å²) in [5.41, 5.74) is 1.07. The molecule has 1 rings (SSSR count). The normalized spacial score (nSPS) is 12.7. The Kier molecular flexibility index (Phi) is 3.27. The SMILES string of the molecule is C[P+](=O)Nc1cc(CC(C)(C)C)no1. The van der Waals surface area contributed by atoms with Gasteiger partial charge in [0.2, 0.25) is 0 Å². The molecule has 1 N–H and O–H groups in total. The van der Waals surface area contributed by atoms with E-state index < -0.39 is 7.95 Å². The number of nitrogens with one attached hydrogen (secondary N) is 1. The van der Waals surface area contributed by atoms with Crippen LogP contribution >= 0.6 is 7.95 Å². The van der Waals surface area contributed by atoms with Crippen molar-refractivity contribution in [1.82, 2.24) is 5.16 Å². The van der Waals surface area contributed by atoms with Gasteiger partial charge in [-0.15, -0.1) is 5.09 Å². The van der Waals surface area contributed by atoms with Gasteiger partial charge in [-0.1, -0.05) is 25.9 Å². The number of rotatable bonds is 3. The molecule has 0 aromatic carbocycles. The zero-order valence-corrected chi connectivity index (χ0v) is 9.89. The third kappa shape index (κ3) is 3.88. The molecular formula is C9H16N2O2P+. The van der Waals surface area contributed by atoms with Gasteiger partial charge < -0.3 is 4.52 Å². The first-order valence-electron chi connectivity index (χ1n) is 4.50. The zero-order chi connectivity index (χ0) is 10.8. The maximum Gasteiger partial charge on any atom is 0.459 e. The largest absolute Gasteiger partial charge is 0.459 e. The minimum Gasteiger partial charge on any atom is -0.335 e. The van der Waals surface area contributed by atoms with Gasteiger partial charge in [0.25, 0.3) is 5.88 Å². The predicted octanol–water partition coefficient (Wildman–Crippen LogP) is 3.05. The van der Waals surface area contributed by atoms with Crippen molar-refractivity contribution >= 4 is 13.8 Å². The molecule has 1 aromatic heterocycles. The number of hydrogen-bond donors (Lipinski definition) is 1. The molecule has 0 saturated heterocycles. The summed E-state index contributed by atoms with van der Waals surface area (Å²) in [4.78, 5) is 0. The highest BCUT2D eigenvalue weighted by atomic mass is 31.1. The van der Waals surface area contributed by atoms with Crippen molar-refractivity contribution in [2.75, 3.05) is 11.8 Å². The Morgan fingerprint density at radius 1 is 1.57 bits per heavy atom. The molecule has 0 aliphatic rings. The summed E-state index contributed by atoms with van der Waals surface area (Å²) in [5.74, 6) is 0.480. The van der Waals surface area contributed by atoms with Gasteiger partial charge in [0, 0.05) is 6.07 Å². The number of hydrogen-bond acceptors (Lipinski definition) is 3. The molecule has 0 aliphatic carbocycles. The average molecular weight is 215 g/mol. The van der Waals surface area contributed by atoms with E-state index in [1.54, 1.807) is 12.7 Å². The first-order valence-corrected chi connectivity index (χ1v) is 6.20. The van der Waals surface area contributed by atoms with Crippen LogP contribution in [0.1, 0.15) is 26.5 Å². The molecule has 1 atom stereocenters. The molecule has 1 aromatic rings. The van der Waals surface area contributed by atoms with Gasteiger partial charge in [-0.2, -0.15) is 0 Å². The monoisotopic (exact) mass is 215 g/mol. The third-order valence-electron chi connectivity index (χ3n) is 1.54. The van der Waals surface area contributed by atoms with Crippen molar-refractivity contribution in [2.24, 2.45) is 5.41 Å². The van der Waals surface area contributed by atoms with Crippen LogP contribution in [0.2, 0.25) is 0 Å². The highest BCUT2D eigenvalue weighted by molar-refractivity contribution is 7.45. The van der Waals surface area contributed by atoms with Crippen molar-refractivity contribution in [1.29, 1.82) is 0 Å². The second kappa shape index (κ2) is 4.09. The van der Waals surface area contributed by atoms with Crippen molar-refractivity contribution in [3.05, 3.63) is 11.8 Å². The van der Waals surface area contributed by atoms with E-state index in [-0.39, 0.29) is 5.41 Å². The summed E-state index contributed by atoms with van der Waals surface area (Å²) in [6.45, 7) is 7.99. The molecule has 0 bridgehead atoms. The van der Waals surface area contributed by atoms with Crippen LogP contribution in [-0.2, 0) is 11.0 Å². The van der Waals surface area contributed by atoms with Crippen molar-refractivity contribution in [3.8, 4) is 0 Å². The topological polar surface area (TPSA) is 55.1 Å². The van der Waals surface area contributed by atoms with E-state index in [0.29, 0.717) is 5.88 Å². The Morgan fingerprint density at radius 3 is 2.71 bits per heavy atom. The molecular weight excluding hydrogens is 199 g/mol. The lowest BCUT2D eigenvalue weighted by molar-refractivity contribution is 0.376. The standard InChI is InChI=1S/C9H16N2O2P/c1-9(2,3)6-7-5-8(13-10-7)11-14(4)12/h5H,6H2,1-4H3,(H,11,12)/q+1. The molecule has 5 heteroatoms. The van der Waals surface area contributed by atoms with E-state index in [9.17, 15) is 4.57 Å². The van der Waals surface area contributed by atoms with E-state index in [0.717, 1.165) is 12.1 Å². The van der Waals surface area contributed by atoms with Crippen LogP contribution in [0.5, 0.6) is 0 Å². The quantitative estimate of drug-likeness (QED) is 0.787. The van der Waals surface area contributed by atoms with E-state index in [4.69, 9.17) is 4.52 Å². The van der Waals surface area contributed by atoms with Crippen LogP contribution in [0.3, 0.4) is 0 Å². The first-order chi connectivity index (χ1) is 6.37. The van der Waals surface area contributed by atoms with Crippen LogP contribution in [-0.4, -0.2) is 11.8 Å². The highest BCUT2D eigenvalue weighted by Crippen LogP contribution is 2.24. The van der Waals surface area contributed by atoms with E-state index in [1.165, 1.54) is 0 Å². The number of nitrogens with zero attached hydrogens (tertiary/aromatic N) is 1. The summed E-state index contributed by atoms with van der Waals surface area (Å²) in [5, 5.41) is 6.58. The molecule has 1 unspecified atom stereocenters. The number of anilines is 1. The molecule has 14 heavy (non-hydrogen) atoms. The van der Waals surface area contributed by atoms with Gasteiger partial charge in [0.15, 0.2) is 6.66 Å². The Hall–Kier alpha value is -0.890. The van der Waals surface area contributed by atoms with Gasteiger partial charge >= 0.3 is 7.95 Å². The summed E-state index contributed by atoms with van der Waals surface area (Å²) in [6, 6.07) is 1.79. The van der Waals surface area contributed by atoms with Gasteiger partial charge in [-0.3, -0.25) is 0 Å². The lowest BCUT2D eigenvalue weighted by Gasteiger charge is -2.14. The minimum absolute atomic E-state index is 0.183. The molecule has 4 nitrogen and oxygen atoms in total. The lowest BCUT2D eigenvalue weighted by atomic mass is 9.91. The van der Waals surface area contributed by atoms with E-state index >= 15 is 0 Å². The minimum atomic E-state index is -1.43. The maximum atomic E-state index is 10.9. The smallest absolute Gasteiger partial charge is 0.335 e. The van der Waals surface area contributed by atoms with Crippen LogP contribution in [0.25, 0.3) is 0 Å². The molecule has 78 valence electrons. The molecule has 0 amide bonds. The fourth-order valence-electron chi connectivity index (χ4n) is 1.15. The molecule has 0 aliphatic heterocycles. The summed E-state index contributed by atoms with van der Waals surface area (Å²) in [7, 11) is -1.43. The summed E-state index contributed by atoms with van der Waals surface area (Å²) in [6.07, 6.45) is 0.846. The van der Waals surface area contributed by atoms with Gasteiger partial charge in [-0.25, -0.2) is 0 Å². The summed E-state index contributed by atoms with van der Waals surface area (Å²) < 4.78 is 15.8. The van der Waals surface area contributed by atoms with Crippen molar-refractivity contribution in [3.63, 3.8) is 0 Å². The Balaban J connectivity index is 2.64. The van der Waals surface area contributed by atoms with E-state index in [1.807, 2.05) is 0 Å². The Labute approximate surface area is 84.9 Å². The fourth-order valence-corrected chi connectivity index (χ4v) is 1.56. The molecule has 0 radical (unpaired) electrons. The first kappa shape index (κ1) is 11.2. The Morgan fingerprint density at radius 2 is 2.21 bits per heavy atom. The van der Waals surface area contributed by atoms with Crippen molar-refractivity contribution in [2.45, 2.75) is 27.2 Å². The van der Waals surface area contributed by atoms with Crippen LogP contribution in [0.15, 0.2) is 10.6 Å².